The highest BCUT2D eigenvalue weighted by Crippen LogP contribution is 2.43. The average molecular weight is 544 g/mol. The van der Waals surface area contributed by atoms with E-state index in [1.54, 1.807) is 31.3 Å². The molecule has 0 spiro atoms. The van der Waals surface area contributed by atoms with Gasteiger partial charge in [0.2, 0.25) is 0 Å². The second kappa shape index (κ2) is 12.0. The van der Waals surface area contributed by atoms with E-state index in [4.69, 9.17) is 4.18 Å². The zero-order valence-corrected chi connectivity index (χ0v) is 22.9. The summed E-state index contributed by atoms with van der Waals surface area (Å²) in [7, 11) is 0.451. The first-order chi connectivity index (χ1) is 18.7. The van der Waals surface area contributed by atoms with Crippen LogP contribution in [0, 0.1) is 0 Å². The van der Waals surface area contributed by atoms with Crippen LogP contribution in [0.25, 0.3) is 22.9 Å². The minimum Gasteiger partial charge on any atom is -0.505 e. The molecular weight excluding hydrogens is 514 g/mol. The summed E-state index contributed by atoms with van der Waals surface area (Å²) < 4.78 is 30.1. The van der Waals surface area contributed by atoms with Crippen LogP contribution in [-0.4, -0.2) is 41.3 Å². The van der Waals surface area contributed by atoms with Crippen LogP contribution in [-0.2, 0) is 14.3 Å². The van der Waals surface area contributed by atoms with Gasteiger partial charge < -0.3 is 10.0 Å². The second-order valence-electron chi connectivity index (χ2n) is 8.63. The minimum absolute atomic E-state index is 0.185. The Hall–Kier alpha value is -4.41. The fraction of sp³-hybridized carbons (Fsp3) is 0.172. The molecule has 1 N–H and O–H groups in total. The third kappa shape index (κ3) is 6.36. The van der Waals surface area contributed by atoms with Crippen LogP contribution in [0.5, 0.6) is 5.75 Å². The molecule has 0 atom stereocenters. The molecule has 0 heterocycles. The summed E-state index contributed by atoms with van der Waals surface area (Å²) in [6, 6.07) is 21.8. The van der Waals surface area contributed by atoms with E-state index in [1.165, 1.54) is 6.07 Å². The maximum atomic E-state index is 12.7. The molecule has 0 aromatic heterocycles. The molecule has 0 amide bonds. The Kier molecular flexibility index (Phi) is 8.48. The van der Waals surface area contributed by atoms with Gasteiger partial charge in [0.25, 0.3) is 10.1 Å². The topological polar surface area (TPSA) is 116 Å². The molecule has 4 aromatic rings. The summed E-state index contributed by atoms with van der Waals surface area (Å²) in [6.07, 6.45) is 3.93. The molecule has 0 saturated heterocycles. The van der Waals surface area contributed by atoms with Crippen LogP contribution in [0.4, 0.5) is 22.7 Å². The normalized spacial score (nSPS) is 12.3. The van der Waals surface area contributed by atoms with Crippen molar-refractivity contribution in [2.24, 2.45) is 20.5 Å². The van der Waals surface area contributed by atoms with E-state index in [2.05, 4.69) is 20.5 Å². The summed E-state index contributed by atoms with van der Waals surface area (Å²) in [6.45, 7) is 2.77. The number of hydrogen-bond acceptors (Lipinski definition) is 9. The van der Waals surface area contributed by atoms with E-state index in [1.807, 2.05) is 73.5 Å². The Balaban J connectivity index is 1.65. The minimum atomic E-state index is -4.17. The number of nitrogens with zero attached hydrogens (tertiary/aromatic N) is 5. The van der Waals surface area contributed by atoms with Gasteiger partial charge in [-0.25, -0.2) is 0 Å². The van der Waals surface area contributed by atoms with E-state index < -0.39 is 10.1 Å². The van der Waals surface area contributed by atoms with Crippen molar-refractivity contribution in [1.82, 2.24) is 0 Å². The molecule has 39 heavy (non-hydrogen) atoms. The Bertz CT molecular complexity index is 1660. The molecule has 0 aliphatic heterocycles. The van der Waals surface area contributed by atoms with Gasteiger partial charge >= 0.3 is 0 Å². The van der Waals surface area contributed by atoms with Crippen LogP contribution >= 0.6 is 0 Å². The lowest BCUT2D eigenvalue weighted by atomic mass is 10.1. The van der Waals surface area contributed by atoms with Crippen molar-refractivity contribution < 1.29 is 17.7 Å². The number of benzene rings is 4. The van der Waals surface area contributed by atoms with E-state index >= 15 is 0 Å². The van der Waals surface area contributed by atoms with Gasteiger partial charge in [-0.3, -0.25) is 4.18 Å². The number of phenolic OH excluding ortho intramolecular Hbond substituents is 1. The maximum absolute atomic E-state index is 12.7. The van der Waals surface area contributed by atoms with Gasteiger partial charge in [-0.05, 0) is 65.9 Å². The summed E-state index contributed by atoms with van der Waals surface area (Å²) >= 11 is 0. The Labute approximate surface area is 227 Å². The van der Waals surface area contributed by atoms with Crippen molar-refractivity contribution >= 4 is 55.8 Å². The predicted molar refractivity (Wildman–Crippen MR) is 155 cm³/mol. The number of phenols is 1. The standard InChI is InChI=1S/C29H29N5O4S/c1-5-34(3)25-17-12-22-18-27(39(36,37)38-4)28(29(35)26(22)19-25)33-32-24-15-10-21(11-16-24)7-6-20-8-13-23(14-9-20)31-30-2/h6-19,35H,5H2,1-4H3. The maximum Gasteiger partial charge on any atom is 0.299 e. The number of rotatable bonds is 9. The van der Waals surface area contributed by atoms with Gasteiger partial charge in [0.05, 0.1) is 18.5 Å². The third-order valence-electron chi connectivity index (χ3n) is 6.18. The molecule has 0 fully saturated rings. The molecule has 0 aliphatic rings. The second-order valence-corrected chi connectivity index (χ2v) is 10.3. The van der Waals surface area contributed by atoms with E-state index in [9.17, 15) is 13.5 Å². The Morgan fingerprint density at radius 3 is 2.00 bits per heavy atom. The van der Waals surface area contributed by atoms with Crippen LogP contribution in [0.1, 0.15) is 18.1 Å². The lowest BCUT2D eigenvalue weighted by molar-refractivity contribution is 0.397. The molecule has 0 bridgehead atoms. The third-order valence-corrected chi connectivity index (χ3v) is 7.46. The van der Waals surface area contributed by atoms with Gasteiger partial charge in [-0.1, -0.05) is 42.5 Å². The zero-order valence-electron chi connectivity index (χ0n) is 22.1. The molecular formula is C29H29N5O4S. The highest BCUT2D eigenvalue weighted by molar-refractivity contribution is 7.87. The number of azo groups is 2. The average Bonchev–Trinajstić information content (AvgIpc) is 2.96. The van der Waals surface area contributed by atoms with Crippen LogP contribution in [0.3, 0.4) is 0 Å². The summed E-state index contributed by atoms with van der Waals surface area (Å²) in [5.74, 6) is -0.288. The van der Waals surface area contributed by atoms with Gasteiger partial charge in [-0.2, -0.15) is 23.8 Å². The zero-order chi connectivity index (χ0) is 28.0. The quantitative estimate of drug-likeness (QED) is 0.132. The fourth-order valence-electron chi connectivity index (χ4n) is 3.85. The van der Waals surface area contributed by atoms with E-state index in [0.717, 1.165) is 36.2 Å². The summed E-state index contributed by atoms with van der Waals surface area (Å²) in [5, 5.41) is 28.2. The first-order valence-corrected chi connectivity index (χ1v) is 13.6. The highest BCUT2D eigenvalue weighted by atomic mass is 32.2. The van der Waals surface area contributed by atoms with Crippen molar-refractivity contribution in [1.29, 1.82) is 0 Å². The van der Waals surface area contributed by atoms with Gasteiger partial charge in [0, 0.05) is 31.7 Å². The molecule has 9 nitrogen and oxygen atoms in total. The molecule has 4 rings (SSSR count). The number of aromatic hydroxyl groups is 1. The monoisotopic (exact) mass is 543 g/mol. The van der Waals surface area contributed by atoms with Crippen molar-refractivity contribution in [2.75, 3.05) is 32.6 Å². The lowest BCUT2D eigenvalue weighted by Crippen LogP contribution is -2.15. The van der Waals surface area contributed by atoms with Gasteiger partial charge in [0.15, 0.2) is 5.75 Å². The smallest absolute Gasteiger partial charge is 0.299 e. The molecule has 0 saturated carbocycles. The first kappa shape index (κ1) is 27.6. The number of hydrogen-bond donors (Lipinski definition) is 1. The van der Waals surface area contributed by atoms with Crippen LogP contribution in [0.15, 0.2) is 98.1 Å². The largest absolute Gasteiger partial charge is 0.505 e. The Morgan fingerprint density at radius 2 is 1.46 bits per heavy atom. The SMILES string of the molecule is CCN(C)c1ccc2cc(S(=O)(=O)OC)c(N=Nc3ccc(C=Cc4ccc(N=NC)cc4)cc3)c(O)c2c1. The molecule has 10 heteroatoms. The van der Waals surface area contributed by atoms with Gasteiger partial charge in [0.1, 0.15) is 10.6 Å². The number of anilines is 1. The van der Waals surface area contributed by atoms with Gasteiger partial charge in [-0.15, -0.1) is 5.11 Å². The molecule has 0 radical (unpaired) electrons. The Morgan fingerprint density at radius 1 is 0.872 bits per heavy atom. The van der Waals surface area contributed by atoms with E-state index in [0.29, 0.717) is 16.5 Å². The van der Waals surface area contributed by atoms with Crippen molar-refractivity contribution in [3.63, 3.8) is 0 Å². The summed E-state index contributed by atoms with van der Waals surface area (Å²) in [5.41, 5.74) is 3.92. The van der Waals surface area contributed by atoms with Crippen molar-refractivity contribution in [3.8, 4) is 5.75 Å². The van der Waals surface area contributed by atoms with Crippen molar-refractivity contribution in [3.05, 3.63) is 83.9 Å². The highest BCUT2D eigenvalue weighted by Gasteiger charge is 2.24. The number of fused-ring (bicyclic) bond motifs is 1. The molecule has 0 aliphatic carbocycles. The first-order valence-electron chi connectivity index (χ1n) is 12.2. The summed E-state index contributed by atoms with van der Waals surface area (Å²) in [4.78, 5) is 1.74. The van der Waals surface area contributed by atoms with Crippen LogP contribution < -0.4 is 4.90 Å². The molecule has 0 unspecified atom stereocenters. The molecule has 4 aromatic carbocycles. The van der Waals surface area contributed by atoms with E-state index in [-0.39, 0.29) is 16.3 Å². The molecule has 200 valence electrons. The van der Waals surface area contributed by atoms with Crippen molar-refractivity contribution in [2.45, 2.75) is 11.8 Å². The fourth-order valence-corrected chi connectivity index (χ4v) is 4.67. The predicted octanol–water partition coefficient (Wildman–Crippen LogP) is 7.64. The lowest BCUT2D eigenvalue weighted by Gasteiger charge is -2.18. The van der Waals surface area contributed by atoms with Crippen LogP contribution in [0.2, 0.25) is 0 Å².